The highest BCUT2D eigenvalue weighted by molar-refractivity contribution is 6.32. The molecular formula is C19H20ClF3N2O3. The quantitative estimate of drug-likeness (QED) is 0.724. The summed E-state index contributed by atoms with van der Waals surface area (Å²) in [7, 11) is 4.42. The molecule has 152 valence electrons. The molecule has 0 aliphatic carbocycles. The Bertz CT molecular complexity index is 844. The van der Waals surface area contributed by atoms with Gasteiger partial charge in [0.25, 0.3) is 0 Å². The molecule has 28 heavy (non-hydrogen) atoms. The van der Waals surface area contributed by atoms with Gasteiger partial charge in [0, 0.05) is 18.7 Å². The van der Waals surface area contributed by atoms with E-state index < -0.39 is 17.6 Å². The molecular weight excluding hydrogens is 397 g/mol. The van der Waals surface area contributed by atoms with Crippen LogP contribution in [0.5, 0.6) is 11.5 Å². The van der Waals surface area contributed by atoms with Crippen molar-refractivity contribution in [1.82, 2.24) is 4.90 Å². The zero-order valence-electron chi connectivity index (χ0n) is 15.6. The van der Waals surface area contributed by atoms with Gasteiger partial charge in [-0.05, 0) is 18.7 Å². The van der Waals surface area contributed by atoms with E-state index in [1.165, 1.54) is 49.5 Å². The second-order valence-corrected chi connectivity index (χ2v) is 6.47. The van der Waals surface area contributed by atoms with Crippen LogP contribution in [0.2, 0.25) is 5.02 Å². The average molecular weight is 417 g/mol. The Morgan fingerprint density at radius 2 is 1.79 bits per heavy atom. The molecule has 0 heterocycles. The van der Waals surface area contributed by atoms with Crippen LogP contribution in [-0.2, 0) is 17.5 Å². The Kier molecular flexibility index (Phi) is 7.15. The first kappa shape index (κ1) is 21.8. The van der Waals surface area contributed by atoms with E-state index in [0.29, 0.717) is 22.2 Å². The largest absolute Gasteiger partial charge is 0.495 e. The molecule has 9 heteroatoms. The molecule has 0 aliphatic heterocycles. The number of carbonyl (C=O) groups excluding carboxylic acids is 1. The van der Waals surface area contributed by atoms with Crippen molar-refractivity contribution in [3.63, 3.8) is 0 Å². The van der Waals surface area contributed by atoms with Gasteiger partial charge >= 0.3 is 6.18 Å². The lowest BCUT2D eigenvalue weighted by atomic mass is 10.1. The second-order valence-electron chi connectivity index (χ2n) is 6.06. The Hall–Kier alpha value is -2.45. The van der Waals surface area contributed by atoms with E-state index in [1.807, 2.05) is 0 Å². The van der Waals surface area contributed by atoms with E-state index in [2.05, 4.69) is 5.32 Å². The van der Waals surface area contributed by atoms with Crippen molar-refractivity contribution in [2.45, 2.75) is 12.7 Å². The van der Waals surface area contributed by atoms with Crippen LogP contribution in [0, 0.1) is 0 Å². The summed E-state index contributed by atoms with van der Waals surface area (Å²) in [5.41, 5.74) is -0.278. The molecule has 0 aliphatic rings. The maximum atomic E-state index is 13.1. The predicted molar refractivity (Wildman–Crippen MR) is 101 cm³/mol. The van der Waals surface area contributed by atoms with Crippen molar-refractivity contribution in [2.75, 3.05) is 33.1 Å². The standard InChI is InChI=1S/C19H20ClF3N2O3/c1-25(10-12-6-4-5-7-13(12)19(21,22)23)11-18(26)24-15-9-16(27-2)14(20)8-17(15)28-3/h4-9H,10-11H2,1-3H3,(H,24,26). The lowest BCUT2D eigenvalue weighted by Crippen LogP contribution is -2.30. The van der Waals surface area contributed by atoms with Gasteiger partial charge in [-0.15, -0.1) is 0 Å². The zero-order chi connectivity index (χ0) is 20.9. The molecule has 0 saturated carbocycles. The van der Waals surface area contributed by atoms with E-state index in [9.17, 15) is 18.0 Å². The zero-order valence-corrected chi connectivity index (χ0v) is 16.3. The highest BCUT2D eigenvalue weighted by atomic mass is 35.5. The lowest BCUT2D eigenvalue weighted by Gasteiger charge is -2.20. The van der Waals surface area contributed by atoms with Crippen LogP contribution in [0.15, 0.2) is 36.4 Å². The van der Waals surface area contributed by atoms with E-state index in [0.717, 1.165) is 6.07 Å². The molecule has 2 rings (SSSR count). The van der Waals surface area contributed by atoms with E-state index in [1.54, 1.807) is 7.05 Å². The van der Waals surface area contributed by atoms with Gasteiger partial charge in [0.05, 0.1) is 37.0 Å². The topological polar surface area (TPSA) is 50.8 Å². The molecule has 1 N–H and O–H groups in total. The molecule has 2 aromatic rings. The number of likely N-dealkylation sites (N-methyl/N-ethyl adjacent to an activating group) is 1. The average Bonchev–Trinajstić information content (AvgIpc) is 2.62. The monoisotopic (exact) mass is 416 g/mol. The Morgan fingerprint density at radius 3 is 2.39 bits per heavy atom. The minimum atomic E-state index is -4.45. The summed E-state index contributed by atoms with van der Waals surface area (Å²) < 4.78 is 49.6. The number of nitrogens with one attached hydrogen (secondary N) is 1. The summed E-state index contributed by atoms with van der Waals surface area (Å²) in [6.45, 7) is -0.162. The van der Waals surface area contributed by atoms with Gasteiger partial charge in [-0.25, -0.2) is 0 Å². The Morgan fingerprint density at radius 1 is 1.14 bits per heavy atom. The molecule has 0 saturated heterocycles. The number of anilines is 1. The third-order valence-corrected chi connectivity index (χ3v) is 4.22. The number of hydrogen-bond acceptors (Lipinski definition) is 4. The second kappa shape index (κ2) is 9.16. The maximum Gasteiger partial charge on any atom is 0.416 e. The fourth-order valence-corrected chi connectivity index (χ4v) is 2.91. The molecule has 0 spiro atoms. The van der Waals surface area contributed by atoms with Gasteiger partial charge in [-0.2, -0.15) is 13.2 Å². The lowest BCUT2D eigenvalue weighted by molar-refractivity contribution is -0.138. The van der Waals surface area contributed by atoms with E-state index in [4.69, 9.17) is 21.1 Å². The number of carbonyl (C=O) groups is 1. The molecule has 1 amide bonds. The normalized spacial score (nSPS) is 11.4. The van der Waals surface area contributed by atoms with Gasteiger partial charge in [0.1, 0.15) is 11.5 Å². The van der Waals surface area contributed by atoms with Crippen molar-refractivity contribution < 1.29 is 27.4 Å². The summed E-state index contributed by atoms with van der Waals surface area (Å²) in [6.07, 6.45) is -4.45. The van der Waals surface area contributed by atoms with Crippen LogP contribution >= 0.6 is 11.6 Å². The number of hydrogen-bond donors (Lipinski definition) is 1. The summed E-state index contributed by atoms with van der Waals surface area (Å²) in [6, 6.07) is 8.29. The number of benzene rings is 2. The number of ether oxygens (including phenoxy) is 2. The van der Waals surface area contributed by atoms with Crippen LogP contribution in [0.25, 0.3) is 0 Å². The molecule has 0 radical (unpaired) electrons. The predicted octanol–water partition coefficient (Wildman–Crippen LogP) is 4.45. The van der Waals surface area contributed by atoms with Gasteiger partial charge in [0.2, 0.25) is 5.91 Å². The fourth-order valence-electron chi connectivity index (χ4n) is 2.67. The van der Waals surface area contributed by atoms with Crippen molar-refractivity contribution in [3.8, 4) is 11.5 Å². The van der Waals surface area contributed by atoms with Crippen molar-refractivity contribution in [3.05, 3.63) is 52.5 Å². The summed E-state index contributed by atoms with van der Waals surface area (Å²) >= 11 is 6.03. The number of amides is 1. The van der Waals surface area contributed by atoms with Crippen molar-refractivity contribution in [2.24, 2.45) is 0 Å². The maximum absolute atomic E-state index is 13.1. The van der Waals surface area contributed by atoms with Crippen LogP contribution in [0.3, 0.4) is 0 Å². The number of halogens is 4. The van der Waals surface area contributed by atoms with E-state index >= 15 is 0 Å². The first-order valence-corrected chi connectivity index (χ1v) is 8.58. The minimum absolute atomic E-state index is 0.0375. The van der Waals surface area contributed by atoms with Crippen molar-refractivity contribution >= 4 is 23.2 Å². The van der Waals surface area contributed by atoms with Crippen LogP contribution in [0.4, 0.5) is 18.9 Å². The molecule has 0 fully saturated rings. The highest BCUT2D eigenvalue weighted by Crippen LogP contribution is 2.36. The molecule has 0 aromatic heterocycles. The van der Waals surface area contributed by atoms with Crippen LogP contribution in [-0.4, -0.2) is 38.6 Å². The van der Waals surface area contributed by atoms with Gasteiger partial charge < -0.3 is 14.8 Å². The number of alkyl halides is 3. The van der Waals surface area contributed by atoms with Crippen molar-refractivity contribution in [1.29, 1.82) is 0 Å². The number of methoxy groups -OCH3 is 2. The number of nitrogens with zero attached hydrogens (tertiary/aromatic N) is 1. The van der Waals surface area contributed by atoms with Crippen LogP contribution < -0.4 is 14.8 Å². The summed E-state index contributed by atoms with van der Waals surface area (Å²) in [5.74, 6) is 0.268. The molecule has 0 atom stereocenters. The molecule has 5 nitrogen and oxygen atoms in total. The van der Waals surface area contributed by atoms with Gasteiger partial charge in [-0.3, -0.25) is 9.69 Å². The first-order valence-electron chi connectivity index (χ1n) is 8.20. The third kappa shape index (κ3) is 5.53. The summed E-state index contributed by atoms with van der Waals surface area (Å²) in [5, 5.41) is 2.98. The molecule has 0 unspecified atom stereocenters. The highest BCUT2D eigenvalue weighted by Gasteiger charge is 2.33. The molecule has 2 aromatic carbocycles. The minimum Gasteiger partial charge on any atom is -0.495 e. The van der Waals surface area contributed by atoms with Gasteiger partial charge in [-0.1, -0.05) is 29.8 Å². The van der Waals surface area contributed by atoms with Crippen LogP contribution in [0.1, 0.15) is 11.1 Å². The fraction of sp³-hybridized carbons (Fsp3) is 0.316. The SMILES string of the molecule is COc1cc(NC(=O)CN(C)Cc2ccccc2C(F)(F)F)c(OC)cc1Cl. The molecule has 0 bridgehead atoms. The third-order valence-electron chi connectivity index (χ3n) is 3.92. The first-order chi connectivity index (χ1) is 13.2. The smallest absolute Gasteiger partial charge is 0.416 e. The Balaban J connectivity index is 2.08. The number of rotatable bonds is 7. The van der Waals surface area contributed by atoms with Gasteiger partial charge in [0.15, 0.2) is 0 Å². The Labute approximate surface area is 166 Å². The van der Waals surface area contributed by atoms with E-state index in [-0.39, 0.29) is 18.7 Å². The summed E-state index contributed by atoms with van der Waals surface area (Å²) in [4.78, 5) is 13.8.